The van der Waals surface area contributed by atoms with Crippen LogP contribution in [-0.2, 0) is 29.1 Å². The lowest BCUT2D eigenvalue weighted by atomic mass is 10.00. The van der Waals surface area contributed by atoms with Gasteiger partial charge in [-0.1, -0.05) is 19.4 Å². The van der Waals surface area contributed by atoms with Crippen LogP contribution in [0.15, 0.2) is 65.7 Å². The molecular weight excluding hydrogens is 751 g/mol. The first-order chi connectivity index (χ1) is 28.4. The van der Waals surface area contributed by atoms with E-state index in [0.717, 1.165) is 88.6 Å². The molecule has 5 aromatic rings. The number of carbonyl (C=O) groups excluding carboxylic acids is 5. The summed E-state index contributed by atoms with van der Waals surface area (Å²) >= 11 is 0. The number of carbonyl (C=O) groups is 5. The maximum atomic E-state index is 13.9. The zero-order valence-electron chi connectivity index (χ0n) is 33.6. The van der Waals surface area contributed by atoms with Crippen molar-refractivity contribution in [2.24, 2.45) is 0 Å². The normalized spacial score (nSPS) is 17.3. The minimum absolute atomic E-state index is 0.0605. The molecule has 3 N–H and O–H groups in total. The predicted molar refractivity (Wildman–Crippen MR) is 221 cm³/mol. The molecule has 3 aliphatic heterocycles. The highest BCUT2D eigenvalue weighted by Gasteiger charge is 2.44. The largest absolute Gasteiger partial charge is 0.354 e. The molecule has 59 heavy (non-hydrogen) atoms. The Morgan fingerprint density at radius 1 is 0.915 bits per heavy atom. The summed E-state index contributed by atoms with van der Waals surface area (Å²) in [6.45, 7) is 11.7. The Morgan fingerprint density at radius 2 is 1.69 bits per heavy atom. The average Bonchev–Trinajstić information content (AvgIpc) is 3.75. The number of nitrogens with one attached hydrogen (secondary N) is 3. The number of hydrogen-bond acceptors (Lipinski definition) is 10. The maximum Gasteiger partial charge on any atom is 0.262 e. The Balaban J connectivity index is 0.940. The second-order valence-corrected chi connectivity index (χ2v) is 15.9. The summed E-state index contributed by atoms with van der Waals surface area (Å²) in [6.07, 6.45) is 5.36. The highest BCUT2D eigenvalue weighted by Crippen LogP contribution is 2.32. The van der Waals surface area contributed by atoms with Gasteiger partial charge in [0.2, 0.25) is 11.8 Å². The van der Waals surface area contributed by atoms with Crippen LogP contribution in [0.3, 0.4) is 0 Å². The van der Waals surface area contributed by atoms with Crippen molar-refractivity contribution < 1.29 is 24.0 Å². The van der Waals surface area contributed by atoms with E-state index in [4.69, 9.17) is 4.98 Å². The van der Waals surface area contributed by atoms with Gasteiger partial charge in [-0.3, -0.25) is 48.6 Å². The Hall–Kier alpha value is -6.48. The Kier molecular flexibility index (Phi) is 10.7. The van der Waals surface area contributed by atoms with Gasteiger partial charge in [-0.05, 0) is 92.8 Å². The zero-order chi connectivity index (χ0) is 41.5. The molecule has 3 aromatic heterocycles. The lowest BCUT2D eigenvalue weighted by Crippen LogP contribution is -2.54. The summed E-state index contributed by atoms with van der Waals surface area (Å²) in [6, 6.07) is 14.2. The number of H-pyrrole nitrogens is 1. The molecule has 2 fully saturated rings. The standard InChI is InChI=1S/C44H47N9O6/c1-5-6-28-17-26(4)48-41(56)34(28)22-46-40(55)32-19-30(20-37-35(32)23-47-53(37)25(2)3)29-8-11-38(45-21-29)51-15-13-50(14-16-51)24-27-7-9-31-33(18-27)44(59)52(43(31)58)36-10-12-39(54)49-42(36)57/h7-9,11,17-21,23,25,36H,5-6,10,12-16,22,24H2,1-4H3,(H,46,55)(H,48,56)(H,49,54,57). The van der Waals surface area contributed by atoms with E-state index in [9.17, 15) is 28.8 Å². The lowest BCUT2D eigenvalue weighted by molar-refractivity contribution is -0.136. The summed E-state index contributed by atoms with van der Waals surface area (Å²) in [4.78, 5) is 90.5. The van der Waals surface area contributed by atoms with Crippen LogP contribution in [0.1, 0.15) is 99.5 Å². The number of fused-ring (bicyclic) bond motifs is 2. The fourth-order valence-electron chi connectivity index (χ4n) is 8.40. The number of benzene rings is 2. The van der Waals surface area contributed by atoms with Crippen LogP contribution in [0.2, 0.25) is 0 Å². The van der Waals surface area contributed by atoms with E-state index in [1.807, 2.05) is 68.0 Å². The minimum atomic E-state index is -0.996. The van der Waals surface area contributed by atoms with E-state index in [1.165, 1.54) is 0 Å². The second kappa shape index (κ2) is 16.0. The van der Waals surface area contributed by atoms with Gasteiger partial charge in [-0.15, -0.1) is 0 Å². The predicted octanol–water partition coefficient (Wildman–Crippen LogP) is 4.28. The molecule has 15 heteroatoms. The SMILES string of the molecule is CCCc1cc(C)[nH]c(=O)c1CNC(=O)c1cc(-c2ccc(N3CCN(Cc4ccc5c(c4)C(=O)N(C4CCC(=O)NC4=O)C5=O)CC3)nc2)cc2c1cnn2C(C)C. The van der Waals surface area contributed by atoms with Crippen LogP contribution < -0.4 is 21.1 Å². The molecule has 8 rings (SSSR count). The van der Waals surface area contributed by atoms with E-state index in [1.54, 1.807) is 18.3 Å². The van der Waals surface area contributed by atoms with Crippen molar-refractivity contribution in [3.63, 3.8) is 0 Å². The first-order valence-corrected chi connectivity index (χ1v) is 20.2. The van der Waals surface area contributed by atoms with E-state index in [-0.39, 0.29) is 48.0 Å². The van der Waals surface area contributed by atoms with E-state index >= 15 is 0 Å². The molecule has 6 heterocycles. The maximum absolute atomic E-state index is 13.9. The highest BCUT2D eigenvalue weighted by molar-refractivity contribution is 6.23. The van der Waals surface area contributed by atoms with Crippen LogP contribution in [0.4, 0.5) is 5.82 Å². The molecule has 1 unspecified atom stereocenters. The number of aromatic amines is 1. The topological polar surface area (TPSA) is 183 Å². The third kappa shape index (κ3) is 7.65. The second-order valence-electron chi connectivity index (χ2n) is 15.9. The van der Waals surface area contributed by atoms with Gasteiger partial charge in [0.1, 0.15) is 11.9 Å². The quantitative estimate of drug-likeness (QED) is 0.163. The first kappa shape index (κ1) is 39.4. The molecule has 3 aliphatic rings. The molecule has 304 valence electrons. The van der Waals surface area contributed by atoms with Crippen molar-refractivity contribution in [1.29, 1.82) is 0 Å². The molecule has 2 saturated heterocycles. The van der Waals surface area contributed by atoms with Gasteiger partial charge in [-0.2, -0.15) is 5.10 Å². The van der Waals surface area contributed by atoms with Gasteiger partial charge < -0.3 is 15.2 Å². The molecule has 15 nitrogen and oxygen atoms in total. The zero-order valence-corrected chi connectivity index (χ0v) is 33.6. The number of anilines is 1. The lowest BCUT2D eigenvalue weighted by Gasteiger charge is -2.35. The molecule has 0 bridgehead atoms. The third-order valence-electron chi connectivity index (χ3n) is 11.4. The van der Waals surface area contributed by atoms with Gasteiger partial charge in [-0.25, -0.2) is 4.98 Å². The Labute approximate surface area is 340 Å². The summed E-state index contributed by atoms with van der Waals surface area (Å²) in [5.41, 5.74) is 6.50. The number of aryl methyl sites for hydroxylation is 2. The van der Waals surface area contributed by atoms with Gasteiger partial charge in [0.15, 0.2) is 0 Å². The Morgan fingerprint density at radius 3 is 2.41 bits per heavy atom. The number of imide groups is 2. The summed E-state index contributed by atoms with van der Waals surface area (Å²) in [5, 5.41) is 10.6. The van der Waals surface area contributed by atoms with Crippen molar-refractivity contribution >= 4 is 46.3 Å². The summed E-state index contributed by atoms with van der Waals surface area (Å²) < 4.78 is 1.90. The number of amides is 5. The molecule has 0 aliphatic carbocycles. The fourth-order valence-corrected chi connectivity index (χ4v) is 8.40. The van der Waals surface area contributed by atoms with E-state index in [0.29, 0.717) is 17.7 Å². The van der Waals surface area contributed by atoms with Gasteiger partial charge in [0, 0.05) is 80.1 Å². The van der Waals surface area contributed by atoms with Crippen LogP contribution in [-0.4, -0.2) is 91.3 Å². The first-order valence-electron chi connectivity index (χ1n) is 20.2. The van der Waals surface area contributed by atoms with E-state index in [2.05, 4.69) is 37.4 Å². The third-order valence-corrected chi connectivity index (χ3v) is 11.4. The fraction of sp³-hybridized carbons (Fsp3) is 0.364. The number of nitrogens with zero attached hydrogens (tertiary/aromatic N) is 6. The van der Waals surface area contributed by atoms with Crippen molar-refractivity contribution in [1.82, 2.24) is 40.2 Å². The number of piperidine rings is 1. The Bertz CT molecular complexity index is 2570. The molecule has 0 saturated carbocycles. The van der Waals surface area contributed by atoms with Crippen LogP contribution in [0, 0.1) is 6.92 Å². The molecule has 0 spiro atoms. The summed E-state index contributed by atoms with van der Waals surface area (Å²) in [7, 11) is 0. The van der Waals surface area contributed by atoms with Gasteiger partial charge >= 0.3 is 0 Å². The summed E-state index contributed by atoms with van der Waals surface area (Å²) in [5.74, 6) is -1.52. The highest BCUT2D eigenvalue weighted by atomic mass is 16.2. The monoisotopic (exact) mass is 797 g/mol. The van der Waals surface area contributed by atoms with Crippen molar-refractivity contribution in [3.8, 4) is 11.1 Å². The van der Waals surface area contributed by atoms with Gasteiger partial charge in [0.05, 0.1) is 28.4 Å². The number of piperazine rings is 1. The smallest absolute Gasteiger partial charge is 0.262 e. The van der Waals surface area contributed by atoms with Crippen LogP contribution in [0.5, 0.6) is 0 Å². The molecule has 0 radical (unpaired) electrons. The molecule has 2 aromatic carbocycles. The van der Waals surface area contributed by atoms with E-state index < -0.39 is 29.7 Å². The van der Waals surface area contributed by atoms with Crippen molar-refractivity contribution in [3.05, 3.63) is 110 Å². The number of aromatic nitrogens is 4. The molecular formula is C44H47N9O6. The van der Waals surface area contributed by atoms with Crippen LogP contribution >= 0.6 is 0 Å². The number of pyridine rings is 2. The van der Waals surface area contributed by atoms with Crippen molar-refractivity contribution in [2.75, 3.05) is 31.1 Å². The minimum Gasteiger partial charge on any atom is -0.354 e. The molecule has 1 atom stereocenters. The van der Waals surface area contributed by atoms with Crippen LogP contribution in [0.25, 0.3) is 22.0 Å². The molecule has 5 amide bonds. The number of rotatable bonds is 11. The number of hydrogen-bond donors (Lipinski definition) is 3. The van der Waals surface area contributed by atoms with Gasteiger partial charge in [0.25, 0.3) is 23.3 Å². The average molecular weight is 798 g/mol. The van der Waals surface area contributed by atoms with Crippen molar-refractivity contribution in [2.45, 2.75) is 78.6 Å².